The van der Waals surface area contributed by atoms with Crippen molar-refractivity contribution in [2.24, 2.45) is 0 Å². The maximum Gasteiger partial charge on any atom is 0.246 e. The van der Waals surface area contributed by atoms with Crippen LogP contribution in [0.25, 0.3) is 0 Å². The van der Waals surface area contributed by atoms with E-state index in [1.54, 1.807) is 25.1 Å². The largest absolute Gasteiger partial charge is 0.495 e. The summed E-state index contributed by atoms with van der Waals surface area (Å²) >= 11 is 5.89. The molecule has 0 aliphatic rings. The first-order chi connectivity index (χ1) is 10.0. The number of halogens is 1. The van der Waals surface area contributed by atoms with Crippen LogP contribution >= 0.6 is 11.6 Å². The Labute approximate surface area is 125 Å². The number of benzene rings is 1. The Balaban J connectivity index is 2.13. The third kappa shape index (κ3) is 3.38. The van der Waals surface area contributed by atoms with Crippen molar-refractivity contribution in [3.63, 3.8) is 0 Å². The average Bonchev–Trinajstić information content (AvgIpc) is 2.79. The second kappa shape index (κ2) is 6.36. The smallest absolute Gasteiger partial charge is 0.246 e. The third-order valence-electron chi connectivity index (χ3n) is 2.86. The van der Waals surface area contributed by atoms with Gasteiger partial charge in [-0.2, -0.15) is 0 Å². The molecule has 7 nitrogen and oxygen atoms in total. The lowest BCUT2D eigenvalue weighted by Gasteiger charge is -2.10. The lowest BCUT2D eigenvalue weighted by molar-refractivity contribution is -0.117. The molecule has 1 aromatic carbocycles. The fraction of sp³-hybridized carbons (Fsp3) is 0.231. The number of nitrogens with one attached hydrogen (secondary N) is 1. The van der Waals surface area contributed by atoms with Gasteiger partial charge in [-0.05, 0) is 25.1 Å². The van der Waals surface area contributed by atoms with Crippen molar-refractivity contribution in [1.82, 2.24) is 15.0 Å². The molecular formula is C13H13ClN4O3. The molecule has 110 valence electrons. The molecule has 0 bridgehead atoms. The van der Waals surface area contributed by atoms with Crippen LogP contribution in [0.5, 0.6) is 5.75 Å². The number of ether oxygens (including phenoxy) is 1. The van der Waals surface area contributed by atoms with Gasteiger partial charge in [0, 0.05) is 5.02 Å². The van der Waals surface area contributed by atoms with Crippen molar-refractivity contribution in [3.8, 4) is 5.75 Å². The van der Waals surface area contributed by atoms with Crippen molar-refractivity contribution < 1.29 is 14.3 Å². The topological polar surface area (TPSA) is 86.1 Å². The SMILES string of the molecule is COc1ccc(Cl)cc1NC(=O)Cn1nnc(C=O)c1C. The molecule has 0 unspecified atom stereocenters. The van der Waals surface area contributed by atoms with E-state index in [0.717, 1.165) is 0 Å². The summed E-state index contributed by atoms with van der Waals surface area (Å²) in [6.07, 6.45) is 0.594. The van der Waals surface area contributed by atoms with Gasteiger partial charge in [0.15, 0.2) is 6.29 Å². The van der Waals surface area contributed by atoms with Crippen LogP contribution in [0.3, 0.4) is 0 Å². The summed E-state index contributed by atoms with van der Waals surface area (Å²) in [6, 6.07) is 4.90. The fourth-order valence-corrected chi connectivity index (χ4v) is 1.91. The van der Waals surface area contributed by atoms with Gasteiger partial charge in [0.05, 0.1) is 18.5 Å². The van der Waals surface area contributed by atoms with Gasteiger partial charge >= 0.3 is 0 Å². The van der Waals surface area contributed by atoms with Gasteiger partial charge in [-0.3, -0.25) is 9.59 Å². The molecule has 0 atom stereocenters. The third-order valence-corrected chi connectivity index (χ3v) is 3.09. The van der Waals surface area contributed by atoms with Gasteiger partial charge in [0.2, 0.25) is 5.91 Å². The molecule has 1 N–H and O–H groups in total. The van der Waals surface area contributed by atoms with Crippen LogP contribution in [0.2, 0.25) is 5.02 Å². The standard InChI is InChI=1S/C13H13ClN4O3/c1-8-11(7-19)16-17-18(8)6-13(20)15-10-5-9(14)3-4-12(10)21-2/h3-5,7H,6H2,1-2H3,(H,15,20). The van der Waals surface area contributed by atoms with Crippen LogP contribution < -0.4 is 10.1 Å². The second-order valence-electron chi connectivity index (χ2n) is 4.23. The van der Waals surface area contributed by atoms with Crippen LogP contribution in [0.15, 0.2) is 18.2 Å². The van der Waals surface area contributed by atoms with Crippen molar-refractivity contribution in [3.05, 3.63) is 34.6 Å². The number of rotatable bonds is 5. The van der Waals surface area contributed by atoms with Gasteiger partial charge in [0.1, 0.15) is 18.0 Å². The van der Waals surface area contributed by atoms with Gasteiger partial charge in [-0.15, -0.1) is 5.10 Å². The molecule has 0 radical (unpaired) electrons. The molecule has 0 aliphatic heterocycles. The van der Waals surface area contributed by atoms with E-state index in [9.17, 15) is 9.59 Å². The molecule has 1 heterocycles. The molecule has 0 fully saturated rings. The first-order valence-electron chi connectivity index (χ1n) is 6.03. The minimum atomic E-state index is -0.332. The van der Waals surface area contributed by atoms with Crippen molar-refractivity contribution >= 4 is 29.5 Å². The van der Waals surface area contributed by atoms with Crippen molar-refractivity contribution in [1.29, 1.82) is 0 Å². The van der Waals surface area contributed by atoms with E-state index in [0.29, 0.717) is 28.4 Å². The highest BCUT2D eigenvalue weighted by Gasteiger charge is 2.13. The van der Waals surface area contributed by atoms with Crippen molar-refractivity contribution in [2.45, 2.75) is 13.5 Å². The van der Waals surface area contributed by atoms with Gasteiger partial charge in [-0.25, -0.2) is 4.68 Å². The molecule has 0 saturated carbocycles. The van der Waals surface area contributed by atoms with E-state index in [2.05, 4.69) is 15.6 Å². The molecule has 2 aromatic rings. The van der Waals surface area contributed by atoms with E-state index < -0.39 is 0 Å². The zero-order valence-corrected chi connectivity index (χ0v) is 12.2. The van der Waals surface area contributed by atoms with Crippen LogP contribution in [0.1, 0.15) is 16.2 Å². The van der Waals surface area contributed by atoms with Crippen LogP contribution in [-0.2, 0) is 11.3 Å². The number of carbonyl (C=O) groups excluding carboxylic acids is 2. The normalized spacial score (nSPS) is 10.2. The van der Waals surface area contributed by atoms with E-state index in [1.165, 1.54) is 11.8 Å². The second-order valence-corrected chi connectivity index (χ2v) is 4.66. The Kier molecular flexibility index (Phi) is 4.54. The lowest BCUT2D eigenvalue weighted by atomic mass is 10.3. The quantitative estimate of drug-likeness (QED) is 0.850. The molecule has 0 spiro atoms. The summed E-state index contributed by atoms with van der Waals surface area (Å²) in [5.74, 6) is 0.164. The molecule has 21 heavy (non-hydrogen) atoms. The van der Waals surface area contributed by atoms with Gasteiger partial charge < -0.3 is 10.1 Å². The maximum atomic E-state index is 12.0. The molecule has 0 saturated heterocycles. The monoisotopic (exact) mass is 308 g/mol. The Hall–Kier alpha value is -2.41. The number of methoxy groups -OCH3 is 1. The number of anilines is 1. The number of carbonyl (C=O) groups is 2. The van der Waals surface area contributed by atoms with Gasteiger partial charge in [-0.1, -0.05) is 16.8 Å². The molecule has 8 heteroatoms. The predicted molar refractivity (Wildman–Crippen MR) is 76.8 cm³/mol. The number of hydrogen-bond acceptors (Lipinski definition) is 5. The molecule has 1 amide bonds. The summed E-state index contributed by atoms with van der Waals surface area (Å²) in [6.45, 7) is 1.60. The van der Waals surface area contributed by atoms with Crippen LogP contribution in [0.4, 0.5) is 5.69 Å². The fourth-order valence-electron chi connectivity index (χ4n) is 1.74. The number of aldehydes is 1. The maximum absolute atomic E-state index is 12.0. The Morgan fingerprint density at radius 2 is 2.29 bits per heavy atom. The van der Waals surface area contributed by atoms with E-state index in [4.69, 9.17) is 16.3 Å². The Morgan fingerprint density at radius 1 is 1.52 bits per heavy atom. The van der Waals surface area contributed by atoms with Crippen molar-refractivity contribution in [2.75, 3.05) is 12.4 Å². The Morgan fingerprint density at radius 3 is 2.90 bits per heavy atom. The summed E-state index contributed by atoms with van der Waals surface area (Å²) < 4.78 is 6.49. The number of amides is 1. The summed E-state index contributed by atoms with van der Waals surface area (Å²) in [7, 11) is 1.50. The van der Waals surface area contributed by atoms with Gasteiger partial charge in [0.25, 0.3) is 0 Å². The predicted octanol–water partition coefficient (Wildman–Crippen LogP) is 1.70. The zero-order valence-electron chi connectivity index (χ0n) is 11.5. The molecule has 2 rings (SSSR count). The molecule has 0 aliphatic carbocycles. The summed E-state index contributed by atoms with van der Waals surface area (Å²) in [4.78, 5) is 22.7. The minimum Gasteiger partial charge on any atom is -0.495 e. The van der Waals surface area contributed by atoms with Crippen LogP contribution in [-0.4, -0.2) is 34.3 Å². The summed E-state index contributed by atoms with van der Waals surface area (Å²) in [5, 5.41) is 10.6. The van der Waals surface area contributed by atoms with E-state index in [1.807, 2.05) is 0 Å². The Bertz CT molecular complexity index is 684. The highest BCUT2D eigenvalue weighted by molar-refractivity contribution is 6.31. The zero-order chi connectivity index (χ0) is 15.4. The molecule has 1 aromatic heterocycles. The van der Waals surface area contributed by atoms with E-state index >= 15 is 0 Å². The number of nitrogens with zero attached hydrogens (tertiary/aromatic N) is 3. The number of aromatic nitrogens is 3. The lowest BCUT2D eigenvalue weighted by Crippen LogP contribution is -2.20. The first kappa shape index (κ1) is 15.0. The minimum absolute atomic E-state index is 0.0671. The molecular weight excluding hydrogens is 296 g/mol. The summed E-state index contributed by atoms with van der Waals surface area (Å²) in [5.41, 5.74) is 1.20. The first-order valence-corrected chi connectivity index (χ1v) is 6.41. The van der Waals surface area contributed by atoms with E-state index in [-0.39, 0.29) is 18.1 Å². The number of hydrogen-bond donors (Lipinski definition) is 1. The van der Waals surface area contributed by atoms with Crippen LogP contribution in [0, 0.1) is 6.92 Å². The highest BCUT2D eigenvalue weighted by atomic mass is 35.5. The highest BCUT2D eigenvalue weighted by Crippen LogP contribution is 2.27. The average molecular weight is 309 g/mol.